The van der Waals surface area contributed by atoms with Crippen LogP contribution in [0.2, 0.25) is 0 Å². The van der Waals surface area contributed by atoms with E-state index in [1.54, 1.807) is 10.7 Å². The first-order chi connectivity index (χ1) is 9.20. The van der Waals surface area contributed by atoms with Gasteiger partial charge < -0.3 is 5.73 Å². The minimum Gasteiger partial charge on any atom is -0.381 e. The Labute approximate surface area is 118 Å². The van der Waals surface area contributed by atoms with Crippen molar-refractivity contribution in [3.05, 3.63) is 52.6 Å². The molecule has 0 aliphatic heterocycles. The average molecular weight is 313 g/mol. The number of hydrogen-bond donors (Lipinski definition) is 1. The largest absolute Gasteiger partial charge is 0.381 e. The monoisotopic (exact) mass is 312 g/mol. The number of fused-ring (bicyclic) bond motifs is 1. The summed E-state index contributed by atoms with van der Waals surface area (Å²) in [5.74, 6) is 0.438. The molecule has 1 aromatic heterocycles. The topological polar surface area (TPSA) is 67.6 Å². The average Bonchev–Trinajstić information content (AvgIpc) is 2.77. The molecular weight excluding hydrogens is 304 g/mol. The van der Waals surface area contributed by atoms with Crippen molar-refractivity contribution >= 4 is 32.5 Å². The minimum absolute atomic E-state index is 0.438. The number of aromatic nitrogens is 2. The van der Waals surface area contributed by atoms with Crippen molar-refractivity contribution in [1.29, 1.82) is 5.26 Å². The number of nitriles is 1. The summed E-state index contributed by atoms with van der Waals surface area (Å²) in [5, 5.41) is 15.3. The van der Waals surface area contributed by atoms with Crippen LogP contribution in [0.15, 0.2) is 47.1 Å². The van der Waals surface area contributed by atoms with Gasteiger partial charge in [-0.1, -0.05) is 24.3 Å². The van der Waals surface area contributed by atoms with Crippen molar-refractivity contribution in [2.75, 3.05) is 5.73 Å². The molecule has 0 saturated heterocycles. The molecule has 4 nitrogen and oxygen atoms in total. The maximum absolute atomic E-state index is 9.15. The van der Waals surface area contributed by atoms with E-state index in [1.165, 1.54) is 0 Å². The molecule has 0 aliphatic rings. The van der Waals surface area contributed by atoms with E-state index in [0.29, 0.717) is 11.4 Å². The van der Waals surface area contributed by atoms with E-state index >= 15 is 0 Å². The summed E-state index contributed by atoms with van der Waals surface area (Å²) in [4.78, 5) is 0. The number of rotatable bonds is 1. The highest BCUT2D eigenvalue weighted by Gasteiger charge is 2.09. The molecule has 0 fully saturated rings. The Morgan fingerprint density at radius 2 is 1.89 bits per heavy atom. The predicted octanol–water partition coefficient (Wildman–Crippen LogP) is 3.24. The van der Waals surface area contributed by atoms with Crippen LogP contribution in [0.5, 0.6) is 0 Å². The number of hydrogen-bond acceptors (Lipinski definition) is 3. The van der Waals surface area contributed by atoms with Gasteiger partial charge in [-0.2, -0.15) is 5.26 Å². The van der Waals surface area contributed by atoms with Crippen LogP contribution in [-0.4, -0.2) is 9.78 Å². The molecule has 0 aliphatic carbocycles. The molecule has 0 saturated carbocycles. The Bertz CT molecular complexity index is 794. The Morgan fingerprint density at radius 1 is 1.16 bits per heavy atom. The third kappa shape index (κ3) is 1.86. The molecule has 3 aromatic rings. The SMILES string of the molecule is N#Cc1ccc(-n2cc(Br)c(N)n2)c2ccccc12. The van der Waals surface area contributed by atoms with Crippen LogP contribution in [0.4, 0.5) is 5.82 Å². The van der Waals surface area contributed by atoms with E-state index < -0.39 is 0 Å². The Balaban J connectivity index is 2.34. The predicted molar refractivity (Wildman–Crippen MR) is 77.9 cm³/mol. The second kappa shape index (κ2) is 4.41. The van der Waals surface area contributed by atoms with Gasteiger partial charge in [0.15, 0.2) is 5.82 Å². The van der Waals surface area contributed by atoms with Crippen molar-refractivity contribution < 1.29 is 0 Å². The summed E-state index contributed by atoms with van der Waals surface area (Å²) < 4.78 is 2.46. The molecular formula is C14H9BrN4. The maximum atomic E-state index is 9.15. The van der Waals surface area contributed by atoms with Gasteiger partial charge in [-0.05, 0) is 28.1 Å². The third-order valence-electron chi connectivity index (χ3n) is 2.96. The molecule has 1 heterocycles. The normalized spacial score (nSPS) is 10.5. The number of nitrogens with zero attached hydrogens (tertiary/aromatic N) is 3. The highest BCUT2D eigenvalue weighted by Crippen LogP contribution is 2.27. The summed E-state index contributed by atoms with van der Waals surface area (Å²) in [7, 11) is 0. The third-order valence-corrected chi connectivity index (χ3v) is 3.58. The molecule has 3 rings (SSSR count). The smallest absolute Gasteiger partial charge is 0.160 e. The van der Waals surface area contributed by atoms with Crippen molar-refractivity contribution in [2.45, 2.75) is 0 Å². The first-order valence-electron chi connectivity index (χ1n) is 5.63. The van der Waals surface area contributed by atoms with Crippen LogP contribution in [-0.2, 0) is 0 Å². The highest BCUT2D eigenvalue weighted by molar-refractivity contribution is 9.10. The van der Waals surface area contributed by atoms with Crippen molar-refractivity contribution in [3.63, 3.8) is 0 Å². The van der Waals surface area contributed by atoms with Gasteiger partial charge in [0.1, 0.15) is 0 Å². The first-order valence-corrected chi connectivity index (χ1v) is 6.43. The second-order valence-electron chi connectivity index (χ2n) is 4.10. The minimum atomic E-state index is 0.438. The Morgan fingerprint density at radius 3 is 2.53 bits per heavy atom. The van der Waals surface area contributed by atoms with Crippen LogP contribution >= 0.6 is 15.9 Å². The molecule has 0 bridgehead atoms. The van der Waals surface area contributed by atoms with E-state index in [0.717, 1.165) is 20.9 Å². The molecule has 0 atom stereocenters. The van der Waals surface area contributed by atoms with Gasteiger partial charge in [0, 0.05) is 17.0 Å². The zero-order chi connectivity index (χ0) is 13.4. The molecule has 0 radical (unpaired) electrons. The lowest BCUT2D eigenvalue weighted by Crippen LogP contribution is -1.98. The van der Waals surface area contributed by atoms with Crippen molar-refractivity contribution in [3.8, 4) is 11.8 Å². The van der Waals surface area contributed by atoms with Crippen LogP contribution in [0.3, 0.4) is 0 Å². The van der Waals surface area contributed by atoms with Crippen LogP contribution in [0, 0.1) is 11.3 Å². The van der Waals surface area contributed by atoms with Crippen LogP contribution in [0.1, 0.15) is 5.56 Å². The highest BCUT2D eigenvalue weighted by atomic mass is 79.9. The molecule has 2 aromatic carbocycles. The lowest BCUT2D eigenvalue weighted by molar-refractivity contribution is 0.893. The van der Waals surface area contributed by atoms with E-state index in [9.17, 15) is 0 Å². The number of nitrogens with two attached hydrogens (primary N) is 1. The molecule has 5 heteroatoms. The van der Waals surface area contributed by atoms with Gasteiger partial charge >= 0.3 is 0 Å². The molecule has 0 unspecified atom stereocenters. The van der Waals surface area contributed by atoms with Crippen molar-refractivity contribution in [2.24, 2.45) is 0 Å². The number of nitrogen functional groups attached to an aromatic ring is 1. The summed E-state index contributed by atoms with van der Waals surface area (Å²) in [6.45, 7) is 0. The van der Waals surface area contributed by atoms with Gasteiger partial charge in [0.25, 0.3) is 0 Å². The summed E-state index contributed by atoms with van der Waals surface area (Å²) in [6.07, 6.45) is 1.81. The lowest BCUT2D eigenvalue weighted by atomic mass is 10.0. The molecule has 0 spiro atoms. The Hall–Kier alpha value is -2.32. The fraction of sp³-hybridized carbons (Fsp3) is 0. The first kappa shape index (κ1) is 11.8. The second-order valence-corrected chi connectivity index (χ2v) is 4.95. The zero-order valence-corrected chi connectivity index (χ0v) is 11.4. The number of benzene rings is 2. The number of halogens is 1. The number of anilines is 1. The Kier molecular flexibility index (Phi) is 2.73. The van der Waals surface area contributed by atoms with Crippen LogP contribution in [0.25, 0.3) is 16.5 Å². The maximum Gasteiger partial charge on any atom is 0.160 e. The fourth-order valence-corrected chi connectivity index (χ4v) is 2.34. The summed E-state index contributed by atoms with van der Waals surface area (Å²) >= 11 is 3.34. The van der Waals surface area contributed by atoms with Gasteiger partial charge in [0.05, 0.1) is 21.8 Å². The quantitative estimate of drug-likeness (QED) is 0.750. The fourth-order valence-electron chi connectivity index (χ4n) is 2.07. The summed E-state index contributed by atoms with van der Waals surface area (Å²) in [5.41, 5.74) is 7.29. The molecule has 2 N–H and O–H groups in total. The standard InChI is InChI=1S/C14H9BrN4/c15-12-8-19(18-14(12)17)13-6-5-9(7-16)10-3-1-2-4-11(10)13/h1-6,8H,(H2,17,18). The van der Waals surface area contributed by atoms with E-state index in [1.807, 2.05) is 36.5 Å². The van der Waals surface area contributed by atoms with Crippen LogP contribution < -0.4 is 5.73 Å². The van der Waals surface area contributed by atoms with Gasteiger partial charge in [-0.25, -0.2) is 4.68 Å². The van der Waals surface area contributed by atoms with Crippen molar-refractivity contribution in [1.82, 2.24) is 9.78 Å². The molecule has 0 amide bonds. The van der Waals surface area contributed by atoms with E-state index in [4.69, 9.17) is 11.0 Å². The van der Waals surface area contributed by atoms with E-state index in [2.05, 4.69) is 27.1 Å². The van der Waals surface area contributed by atoms with E-state index in [-0.39, 0.29) is 0 Å². The van der Waals surface area contributed by atoms with Gasteiger partial charge in [-0.3, -0.25) is 0 Å². The van der Waals surface area contributed by atoms with Gasteiger partial charge in [-0.15, -0.1) is 5.10 Å². The zero-order valence-electron chi connectivity index (χ0n) is 9.84. The van der Waals surface area contributed by atoms with Gasteiger partial charge in [0.2, 0.25) is 0 Å². The molecule has 19 heavy (non-hydrogen) atoms. The molecule has 92 valence electrons. The lowest BCUT2D eigenvalue weighted by Gasteiger charge is -2.07. The summed E-state index contributed by atoms with van der Waals surface area (Å²) in [6, 6.07) is 13.6.